The molecule has 2 aromatic heterocycles. The number of rotatable bonds is 6. The lowest BCUT2D eigenvalue weighted by Gasteiger charge is -2.31. The van der Waals surface area contributed by atoms with Gasteiger partial charge in [-0.25, -0.2) is 17.9 Å². The van der Waals surface area contributed by atoms with Gasteiger partial charge in [-0.15, -0.1) is 5.10 Å². The van der Waals surface area contributed by atoms with Crippen molar-refractivity contribution in [3.63, 3.8) is 0 Å². The number of imidazole rings is 1. The van der Waals surface area contributed by atoms with Gasteiger partial charge in [0.1, 0.15) is 9.84 Å². The molecule has 0 saturated carbocycles. The summed E-state index contributed by atoms with van der Waals surface area (Å²) in [6.45, 7) is 2.41. The van der Waals surface area contributed by atoms with E-state index in [0.717, 1.165) is 47.3 Å². The maximum absolute atomic E-state index is 11.3. The second kappa shape index (κ2) is 7.98. The lowest BCUT2D eigenvalue weighted by molar-refractivity contribution is 0.230. The Balaban J connectivity index is 1.34. The van der Waals surface area contributed by atoms with Gasteiger partial charge in [0, 0.05) is 42.5 Å². The topological polar surface area (TPSA) is 79.6 Å². The van der Waals surface area contributed by atoms with E-state index in [-0.39, 0.29) is 5.75 Å². The Labute approximate surface area is 173 Å². The number of nitrogens with zero attached hydrogens (tertiary/aromatic N) is 4. The number of halogens is 1. The van der Waals surface area contributed by atoms with Crippen LogP contribution in [0.2, 0.25) is 5.02 Å². The average Bonchev–Trinajstić information content (AvgIpc) is 3.20. The van der Waals surface area contributed by atoms with E-state index in [1.165, 1.54) is 17.6 Å². The van der Waals surface area contributed by atoms with Crippen LogP contribution in [0.4, 0.5) is 5.13 Å². The SMILES string of the molecule is CS(=O)(=O)CCN1CCC(Nc2nn3cc(-c4ccc(Cl)cc4)nc3s2)CC1. The molecule has 3 heterocycles. The molecule has 4 rings (SSSR count). The standard InChI is InChI=1S/C18H22ClN5O2S2/c1-28(25,26)11-10-23-8-6-15(7-9-23)20-17-22-24-12-16(21-18(24)27-17)13-2-4-14(19)5-3-13/h2-5,12,15H,6-11H2,1H3,(H,20,22). The van der Waals surface area contributed by atoms with Crippen LogP contribution < -0.4 is 5.32 Å². The maximum Gasteiger partial charge on any atom is 0.214 e. The fourth-order valence-corrected chi connectivity index (χ4v) is 4.86. The molecule has 7 nitrogen and oxygen atoms in total. The van der Waals surface area contributed by atoms with E-state index < -0.39 is 9.84 Å². The van der Waals surface area contributed by atoms with Crippen LogP contribution in [0, 0.1) is 0 Å². The van der Waals surface area contributed by atoms with Crippen molar-refractivity contribution < 1.29 is 8.42 Å². The lowest BCUT2D eigenvalue weighted by Crippen LogP contribution is -2.41. The molecule has 0 spiro atoms. The van der Waals surface area contributed by atoms with Crippen molar-refractivity contribution in [3.8, 4) is 11.3 Å². The highest BCUT2D eigenvalue weighted by Gasteiger charge is 2.21. The highest BCUT2D eigenvalue weighted by Crippen LogP contribution is 2.26. The number of benzene rings is 1. The summed E-state index contributed by atoms with van der Waals surface area (Å²) in [5, 5.41) is 9.67. The Hall–Kier alpha value is -1.68. The van der Waals surface area contributed by atoms with Gasteiger partial charge in [-0.3, -0.25) is 0 Å². The number of piperidine rings is 1. The summed E-state index contributed by atoms with van der Waals surface area (Å²) in [5.41, 5.74) is 1.89. The maximum atomic E-state index is 11.3. The van der Waals surface area contributed by atoms with Crippen molar-refractivity contribution in [1.82, 2.24) is 19.5 Å². The zero-order valence-corrected chi connectivity index (χ0v) is 17.9. The molecule has 0 bridgehead atoms. The van der Waals surface area contributed by atoms with Gasteiger partial charge >= 0.3 is 0 Å². The number of aromatic nitrogens is 3. The monoisotopic (exact) mass is 439 g/mol. The van der Waals surface area contributed by atoms with Crippen LogP contribution >= 0.6 is 22.9 Å². The van der Waals surface area contributed by atoms with Crippen LogP contribution in [-0.4, -0.2) is 65.6 Å². The van der Waals surface area contributed by atoms with Crippen molar-refractivity contribution in [1.29, 1.82) is 0 Å². The summed E-state index contributed by atoms with van der Waals surface area (Å²) in [6, 6.07) is 7.96. The van der Waals surface area contributed by atoms with Crippen LogP contribution in [0.5, 0.6) is 0 Å². The van der Waals surface area contributed by atoms with Crippen molar-refractivity contribution in [2.24, 2.45) is 0 Å². The van der Waals surface area contributed by atoms with Gasteiger partial charge in [0.25, 0.3) is 0 Å². The summed E-state index contributed by atoms with van der Waals surface area (Å²) < 4.78 is 24.4. The predicted octanol–water partition coefficient (Wildman–Crippen LogP) is 3.03. The molecule has 0 amide bonds. The van der Waals surface area contributed by atoms with Gasteiger partial charge in [0.15, 0.2) is 0 Å². The summed E-state index contributed by atoms with van der Waals surface area (Å²) in [7, 11) is -2.90. The molecule has 1 aliphatic heterocycles. The first-order valence-corrected chi connectivity index (χ1v) is 12.4. The minimum atomic E-state index is -2.90. The molecule has 0 radical (unpaired) electrons. The van der Waals surface area contributed by atoms with Crippen molar-refractivity contribution in [2.45, 2.75) is 18.9 Å². The van der Waals surface area contributed by atoms with Crippen LogP contribution in [0.3, 0.4) is 0 Å². The molecule has 0 aliphatic carbocycles. The molecule has 10 heteroatoms. The number of hydrogen-bond donors (Lipinski definition) is 1. The molecule has 150 valence electrons. The zero-order valence-electron chi connectivity index (χ0n) is 15.5. The number of fused-ring (bicyclic) bond motifs is 1. The molecule has 0 unspecified atom stereocenters. The minimum absolute atomic E-state index is 0.227. The van der Waals surface area contributed by atoms with Crippen molar-refractivity contribution in [3.05, 3.63) is 35.5 Å². The van der Waals surface area contributed by atoms with E-state index in [0.29, 0.717) is 17.6 Å². The number of hydrogen-bond acceptors (Lipinski definition) is 7. The lowest BCUT2D eigenvalue weighted by atomic mass is 10.1. The molecule has 3 aromatic rings. The van der Waals surface area contributed by atoms with E-state index >= 15 is 0 Å². The van der Waals surface area contributed by atoms with Crippen LogP contribution in [0.15, 0.2) is 30.5 Å². The van der Waals surface area contributed by atoms with E-state index in [9.17, 15) is 8.42 Å². The summed E-state index contributed by atoms with van der Waals surface area (Å²) in [6.07, 6.45) is 5.16. The van der Waals surface area contributed by atoms with Crippen LogP contribution in [0.1, 0.15) is 12.8 Å². The summed E-state index contributed by atoms with van der Waals surface area (Å²) >= 11 is 7.48. The first kappa shape index (κ1) is 19.6. The van der Waals surface area contributed by atoms with Gasteiger partial charge in [-0.1, -0.05) is 35.1 Å². The fraction of sp³-hybridized carbons (Fsp3) is 0.444. The Morgan fingerprint density at radius 3 is 2.61 bits per heavy atom. The van der Waals surface area contributed by atoms with E-state index in [4.69, 9.17) is 11.6 Å². The number of likely N-dealkylation sites (tertiary alicyclic amines) is 1. The normalized spacial score (nSPS) is 16.6. The molecular formula is C18H22ClN5O2S2. The number of anilines is 1. The molecule has 1 aromatic carbocycles. The summed E-state index contributed by atoms with van der Waals surface area (Å²) in [5.74, 6) is 0.227. The minimum Gasteiger partial charge on any atom is -0.357 e. The first-order valence-electron chi connectivity index (χ1n) is 9.14. The van der Waals surface area contributed by atoms with Crippen LogP contribution in [0.25, 0.3) is 16.2 Å². The third kappa shape index (κ3) is 4.83. The fourth-order valence-electron chi connectivity index (χ4n) is 3.29. The number of nitrogens with one attached hydrogen (secondary N) is 1. The molecule has 1 saturated heterocycles. The van der Waals surface area contributed by atoms with E-state index in [2.05, 4.69) is 20.3 Å². The third-order valence-corrected chi connectivity index (χ3v) is 6.91. The zero-order chi connectivity index (χ0) is 19.7. The molecule has 28 heavy (non-hydrogen) atoms. The second-order valence-corrected chi connectivity index (χ2v) is 10.8. The molecule has 0 atom stereocenters. The Kier molecular flexibility index (Phi) is 5.59. The second-order valence-electron chi connectivity index (χ2n) is 7.16. The van der Waals surface area contributed by atoms with Gasteiger partial charge in [-0.05, 0) is 25.0 Å². The largest absolute Gasteiger partial charge is 0.357 e. The van der Waals surface area contributed by atoms with Gasteiger partial charge in [-0.2, -0.15) is 0 Å². The van der Waals surface area contributed by atoms with Gasteiger partial charge < -0.3 is 10.2 Å². The Morgan fingerprint density at radius 1 is 1.25 bits per heavy atom. The highest BCUT2D eigenvalue weighted by atomic mass is 35.5. The molecule has 1 aliphatic rings. The average molecular weight is 440 g/mol. The Bertz CT molecular complexity index is 1020. The van der Waals surface area contributed by atoms with Crippen molar-refractivity contribution in [2.75, 3.05) is 37.0 Å². The van der Waals surface area contributed by atoms with Gasteiger partial charge in [0.2, 0.25) is 10.1 Å². The summed E-state index contributed by atoms with van der Waals surface area (Å²) in [4.78, 5) is 7.72. The van der Waals surface area contributed by atoms with E-state index in [1.807, 2.05) is 30.5 Å². The van der Waals surface area contributed by atoms with Gasteiger partial charge in [0.05, 0.1) is 17.6 Å². The molecular weight excluding hydrogens is 418 g/mol. The number of sulfone groups is 1. The van der Waals surface area contributed by atoms with Crippen LogP contribution in [-0.2, 0) is 9.84 Å². The molecule has 1 N–H and O–H groups in total. The quantitative estimate of drug-likeness (QED) is 0.636. The van der Waals surface area contributed by atoms with E-state index in [1.54, 1.807) is 4.52 Å². The van der Waals surface area contributed by atoms with Crippen molar-refractivity contribution >= 4 is 42.9 Å². The molecule has 1 fully saturated rings. The predicted molar refractivity (Wildman–Crippen MR) is 114 cm³/mol. The smallest absolute Gasteiger partial charge is 0.214 e. The highest BCUT2D eigenvalue weighted by molar-refractivity contribution is 7.90. The Morgan fingerprint density at radius 2 is 1.96 bits per heavy atom. The third-order valence-electron chi connectivity index (χ3n) is 4.88. The first-order chi connectivity index (χ1) is 13.4.